The van der Waals surface area contributed by atoms with E-state index in [1.165, 1.54) is 11.1 Å². The minimum absolute atomic E-state index is 0.0442. The second-order valence-corrected chi connectivity index (χ2v) is 16.8. The van der Waals surface area contributed by atoms with E-state index in [1.807, 2.05) is 12.1 Å². The quantitative estimate of drug-likeness (QED) is 0.189. The largest absolute Gasteiger partial charge is 0.462 e. The van der Waals surface area contributed by atoms with Gasteiger partial charge in [0, 0.05) is 42.8 Å². The molecule has 8 fully saturated rings. The van der Waals surface area contributed by atoms with E-state index < -0.39 is 77.1 Å². The summed E-state index contributed by atoms with van der Waals surface area (Å²) in [5.74, 6) is -2.98. The number of carbonyl (C=O) groups excluding carboxylic acids is 5. The lowest BCUT2D eigenvalue weighted by molar-refractivity contribution is -0.235. The molecule has 54 heavy (non-hydrogen) atoms. The maximum absolute atomic E-state index is 15.2. The molecule has 9 rings (SSSR count). The average Bonchev–Trinajstić information content (AvgIpc) is 4.05. The number of carbonyl (C=O) groups is 5. The van der Waals surface area contributed by atoms with E-state index in [0.717, 1.165) is 25.7 Å². The Morgan fingerprint density at radius 3 is 2.46 bits per heavy atom. The third-order valence-electron chi connectivity index (χ3n) is 12.6. The number of hydrogen-bond donors (Lipinski definition) is 2. The van der Waals surface area contributed by atoms with Crippen LogP contribution < -0.4 is 5.32 Å². The SMILES string of the molecule is CC1(C)COC(=O)[C@@H]1OC(=O)C=Cc1ccccc1CN1O[C@@H]2[C@H]3OC(C4CC4)(C4CC4)O[C@H]3[C@H]3C[C@]2(C(=O)N2CCC[C@@H]2C(=O)NCCO)[C@@H]1C(=O)O3. The minimum atomic E-state index is -1.44. The van der Waals surface area contributed by atoms with E-state index in [4.69, 9.17) is 28.5 Å². The molecular weight excluding hydrogens is 702 g/mol. The van der Waals surface area contributed by atoms with Crippen LogP contribution in [0.15, 0.2) is 30.3 Å². The molecule has 2 bridgehead atoms. The van der Waals surface area contributed by atoms with Crippen LogP contribution in [0.25, 0.3) is 6.08 Å². The van der Waals surface area contributed by atoms with Crippen molar-refractivity contribution < 1.29 is 57.6 Å². The highest BCUT2D eigenvalue weighted by Gasteiger charge is 2.78. The van der Waals surface area contributed by atoms with Gasteiger partial charge in [0.15, 0.2) is 11.8 Å². The van der Waals surface area contributed by atoms with Crippen LogP contribution >= 0.6 is 0 Å². The van der Waals surface area contributed by atoms with Gasteiger partial charge in [-0.2, -0.15) is 5.06 Å². The first kappa shape index (κ1) is 35.8. The number of nitrogens with one attached hydrogen (secondary N) is 1. The summed E-state index contributed by atoms with van der Waals surface area (Å²) >= 11 is 0. The zero-order valence-electron chi connectivity index (χ0n) is 30.5. The summed E-state index contributed by atoms with van der Waals surface area (Å²) in [5, 5.41) is 13.6. The maximum Gasteiger partial charge on any atom is 0.348 e. The van der Waals surface area contributed by atoms with Crippen LogP contribution in [-0.2, 0) is 59.0 Å². The monoisotopic (exact) mass is 749 g/mol. The molecule has 290 valence electrons. The number of benzene rings is 1. The Balaban J connectivity index is 1.04. The van der Waals surface area contributed by atoms with Gasteiger partial charge < -0.3 is 39.0 Å². The Kier molecular flexibility index (Phi) is 8.69. The topological polar surface area (TPSA) is 179 Å². The molecule has 8 aliphatic rings. The number of ether oxygens (including phenoxy) is 5. The van der Waals surface area contributed by atoms with Gasteiger partial charge in [0.05, 0.1) is 13.2 Å². The lowest BCUT2D eigenvalue weighted by Crippen LogP contribution is -2.70. The lowest BCUT2D eigenvalue weighted by atomic mass is 9.62. The average molecular weight is 750 g/mol. The van der Waals surface area contributed by atoms with Gasteiger partial charge in [0.25, 0.3) is 0 Å². The Labute approximate surface area is 312 Å². The number of likely N-dealkylation sites (tertiary alicyclic amines) is 1. The first-order valence-electron chi connectivity index (χ1n) is 19.3. The molecule has 2 amide bonds. The molecule has 3 saturated carbocycles. The van der Waals surface area contributed by atoms with E-state index in [2.05, 4.69) is 5.32 Å². The smallest absolute Gasteiger partial charge is 0.348 e. The van der Waals surface area contributed by atoms with Gasteiger partial charge in [-0.05, 0) is 55.7 Å². The molecule has 0 spiro atoms. The molecule has 0 unspecified atom stereocenters. The van der Waals surface area contributed by atoms with Crippen LogP contribution in [0.3, 0.4) is 0 Å². The van der Waals surface area contributed by atoms with Gasteiger partial charge in [-0.25, -0.2) is 9.59 Å². The van der Waals surface area contributed by atoms with Crippen LogP contribution in [0, 0.1) is 22.7 Å². The first-order chi connectivity index (χ1) is 26.0. The fraction of sp³-hybridized carbons (Fsp3) is 0.667. The van der Waals surface area contributed by atoms with Crippen molar-refractivity contribution in [1.82, 2.24) is 15.3 Å². The summed E-state index contributed by atoms with van der Waals surface area (Å²) in [7, 11) is 0. The summed E-state index contributed by atoms with van der Waals surface area (Å²) in [5.41, 5.74) is -0.786. The van der Waals surface area contributed by atoms with Gasteiger partial charge in [-0.1, -0.05) is 38.1 Å². The van der Waals surface area contributed by atoms with E-state index >= 15 is 4.79 Å². The molecule has 1 aromatic carbocycles. The molecule has 5 heterocycles. The third-order valence-corrected chi connectivity index (χ3v) is 12.6. The number of esters is 3. The number of cyclic esters (lactones) is 1. The van der Waals surface area contributed by atoms with Crippen molar-refractivity contribution in [3.8, 4) is 0 Å². The lowest BCUT2D eigenvalue weighted by Gasteiger charge is -2.50. The Morgan fingerprint density at radius 2 is 1.76 bits per heavy atom. The molecule has 0 aromatic heterocycles. The van der Waals surface area contributed by atoms with E-state index in [1.54, 1.807) is 37.0 Å². The molecule has 8 atom stereocenters. The maximum atomic E-state index is 15.2. The molecular formula is C39H47N3O12. The van der Waals surface area contributed by atoms with Crippen molar-refractivity contribution in [2.75, 3.05) is 26.3 Å². The Bertz CT molecular complexity index is 1760. The zero-order valence-corrected chi connectivity index (χ0v) is 30.5. The fourth-order valence-electron chi connectivity index (χ4n) is 9.75. The highest BCUT2D eigenvalue weighted by Crippen LogP contribution is 2.64. The van der Waals surface area contributed by atoms with Gasteiger partial charge in [-0.3, -0.25) is 19.2 Å². The van der Waals surface area contributed by atoms with Gasteiger partial charge in [-0.15, -0.1) is 0 Å². The van der Waals surface area contributed by atoms with E-state index in [0.29, 0.717) is 30.5 Å². The number of amides is 2. The van der Waals surface area contributed by atoms with Crippen LogP contribution in [0.2, 0.25) is 0 Å². The standard InChI is InChI=1S/C39H47N3O12/c1-37(2)20-49-35(47)32(37)51-27(44)14-9-21-6-3-4-7-22(21)19-42-30-34(46)50-26-18-38(30,36(48)41-16-5-8-25(41)33(45)40-15-17-43)31(54-42)29-28(26)52-39(53-29,23-10-11-23)24-12-13-24/h3-4,6-7,9,14,23-26,28-32,43H,5,8,10-13,15-20H2,1-2H3,(H,40,45)/t25-,26-,28+,29+,30+,31-,32+,38+/m1/s1. The Morgan fingerprint density at radius 1 is 1.02 bits per heavy atom. The fourth-order valence-corrected chi connectivity index (χ4v) is 9.75. The predicted molar refractivity (Wildman–Crippen MR) is 184 cm³/mol. The van der Waals surface area contributed by atoms with Crippen molar-refractivity contribution >= 4 is 35.8 Å². The molecule has 0 radical (unpaired) electrons. The number of fused-ring (bicyclic) bond motifs is 4. The summed E-state index contributed by atoms with van der Waals surface area (Å²) in [6, 6.07) is 5.34. The van der Waals surface area contributed by atoms with Gasteiger partial charge in [0.1, 0.15) is 42.5 Å². The summed E-state index contributed by atoms with van der Waals surface area (Å²) in [6.07, 6.45) is 3.94. The highest BCUT2D eigenvalue weighted by atomic mass is 16.8. The van der Waals surface area contributed by atoms with Crippen LogP contribution in [0.4, 0.5) is 0 Å². The van der Waals surface area contributed by atoms with Crippen molar-refractivity contribution in [3.05, 3.63) is 41.5 Å². The number of hydrogen-bond acceptors (Lipinski definition) is 13. The molecule has 2 N–H and O–H groups in total. The predicted octanol–water partition coefficient (Wildman–Crippen LogP) is 1.39. The van der Waals surface area contributed by atoms with Crippen molar-refractivity contribution in [2.24, 2.45) is 22.7 Å². The number of aliphatic hydroxyl groups excluding tert-OH is 1. The number of nitrogens with zero attached hydrogens (tertiary/aromatic N) is 2. The molecule has 3 aliphatic carbocycles. The van der Waals surface area contributed by atoms with Crippen molar-refractivity contribution in [1.29, 1.82) is 0 Å². The summed E-state index contributed by atoms with van der Waals surface area (Å²) < 4.78 is 30.6. The van der Waals surface area contributed by atoms with Crippen LogP contribution in [0.1, 0.15) is 69.9 Å². The summed E-state index contributed by atoms with van der Waals surface area (Å²) in [4.78, 5) is 76.3. The highest BCUT2D eigenvalue weighted by molar-refractivity contribution is 5.97. The number of aliphatic hydroxyl groups is 1. The normalized spacial score (nSPS) is 36.2. The van der Waals surface area contributed by atoms with E-state index in [-0.39, 0.29) is 56.4 Å². The van der Waals surface area contributed by atoms with Crippen molar-refractivity contribution in [3.63, 3.8) is 0 Å². The number of hydroxylamine groups is 2. The number of rotatable bonds is 11. The molecule has 1 aromatic rings. The second-order valence-electron chi connectivity index (χ2n) is 16.8. The molecule has 5 saturated heterocycles. The van der Waals surface area contributed by atoms with Gasteiger partial charge in [0.2, 0.25) is 17.9 Å². The van der Waals surface area contributed by atoms with Crippen LogP contribution in [0.5, 0.6) is 0 Å². The van der Waals surface area contributed by atoms with Gasteiger partial charge >= 0.3 is 17.9 Å². The van der Waals surface area contributed by atoms with E-state index in [9.17, 15) is 24.3 Å². The molecule has 15 nitrogen and oxygen atoms in total. The summed E-state index contributed by atoms with van der Waals surface area (Å²) in [6.45, 7) is 3.94. The minimum Gasteiger partial charge on any atom is -0.462 e. The molecule has 15 heteroatoms. The Hall–Kier alpha value is -3.89. The zero-order chi connectivity index (χ0) is 37.6. The first-order valence-corrected chi connectivity index (χ1v) is 19.3. The third kappa shape index (κ3) is 5.68. The van der Waals surface area contributed by atoms with Crippen molar-refractivity contribution in [2.45, 2.75) is 114 Å². The van der Waals surface area contributed by atoms with Crippen LogP contribution in [-0.4, -0.2) is 119 Å². The second kappa shape index (κ2) is 13.1. The molecule has 5 aliphatic heterocycles.